The Hall–Kier alpha value is -2.05. The Labute approximate surface area is 131 Å². The molecule has 2 aromatic carbocycles. The van der Waals surface area contributed by atoms with Crippen LogP contribution in [0.3, 0.4) is 0 Å². The van der Waals surface area contributed by atoms with E-state index in [4.69, 9.17) is 16.7 Å². The highest BCUT2D eigenvalue weighted by Crippen LogP contribution is 2.26. The number of nitrogens with zero attached hydrogens (tertiary/aromatic N) is 1. The van der Waals surface area contributed by atoms with E-state index in [1.165, 1.54) is 16.7 Å². The lowest BCUT2D eigenvalue weighted by atomic mass is 10.2. The second-order valence-corrected chi connectivity index (χ2v) is 5.66. The van der Waals surface area contributed by atoms with Crippen LogP contribution in [0.5, 0.6) is 0 Å². The molecule has 0 unspecified atom stereocenters. The number of benzene rings is 2. The molecule has 2 N–H and O–H groups in total. The number of carboxylic acids is 1. The highest BCUT2D eigenvalue weighted by atomic mass is 79.9. The molecule has 7 heteroatoms. The van der Waals surface area contributed by atoms with Crippen LogP contribution in [0.1, 0.15) is 10.4 Å². The predicted octanol–water partition coefficient (Wildman–Crippen LogP) is 3.43. The molecule has 3 aromatic rings. The first kappa shape index (κ1) is 13.9. The van der Waals surface area contributed by atoms with E-state index < -0.39 is 5.97 Å². The highest BCUT2D eigenvalue weighted by Gasteiger charge is 2.12. The van der Waals surface area contributed by atoms with Gasteiger partial charge in [0.25, 0.3) is 0 Å². The van der Waals surface area contributed by atoms with Crippen molar-refractivity contribution in [2.75, 3.05) is 0 Å². The number of aromatic carboxylic acids is 1. The molecule has 0 atom stereocenters. The number of hydrogen-bond donors (Lipinski definition) is 2. The average Bonchev–Trinajstić information content (AvgIpc) is 2.77. The number of carbonyl (C=O) groups is 1. The van der Waals surface area contributed by atoms with Crippen LogP contribution in [0.25, 0.3) is 16.7 Å². The number of nitrogens with one attached hydrogen (secondary N) is 1. The van der Waals surface area contributed by atoms with Gasteiger partial charge in [0.1, 0.15) is 0 Å². The number of H-pyrrole nitrogens is 1. The summed E-state index contributed by atoms with van der Waals surface area (Å²) in [6.07, 6.45) is 0. The number of rotatable bonds is 2. The van der Waals surface area contributed by atoms with Gasteiger partial charge in [0.15, 0.2) is 0 Å². The molecule has 1 heterocycles. The molecule has 0 saturated heterocycles. The van der Waals surface area contributed by atoms with E-state index in [1.807, 2.05) is 0 Å². The molecule has 0 aliphatic carbocycles. The first-order valence-corrected chi connectivity index (χ1v) is 7.08. The number of halogens is 2. The molecule has 1 aromatic heterocycles. The fourth-order valence-electron chi connectivity index (χ4n) is 2.12. The second-order valence-electron chi connectivity index (χ2n) is 4.40. The Bertz CT molecular complexity index is 930. The molecular formula is C14H8BrClN2O3. The Balaban J connectivity index is 2.32. The van der Waals surface area contributed by atoms with Crippen LogP contribution in [0, 0.1) is 0 Å². The third kappa shape index (κ3) is 2.36. The maximum Gasteiger partial charge on any atom is 0.335 e. The summed E-state index contributed by atoms with van der Waals surface area (Å²) in [4.78, 5) is 25.9. The van der Waals surface area contributed by atoms with Crippen LogP contribution in [0.4, 0.5) is 0 Å². The number of hydrogen-bond acceptors (Lipinski definition) is 2. The lowest BCUT2D eigenvalue weighted by molar-refractivity contribution is 0.0697. The summed E-state index contributed by atoms with van der Waals surface area (Å²) in [5.41, 5.74) is 1.36. The van der Waals surface area contributed by atoms with E-state index >= 15 is 0 Å². The molecule has 0 fully saturated rings. The van der Waals surface area contributed by atoms with Gasteiger partial charge in [-0.2, -0.15) is 0 Å². The van der Waals surface area contributed by atoms with E-state index in [0.717, 1.165) is 0 Å². The molecular weight excluding hydrogens is 360 g/mol. The third-order valence-corrected chi connectivity index (χ3v) is 4.32. The normalized spacial score (nSPS) is 11.0. The quantitative estimate of drug-likeness (QED) is 0.728. The number of aromatic nitrogens is 2. The van der Waals surface area contributed by atoms with Gasteiger partial charge in [-0.25, -0.2) is 9.59 Å². The van der Waals surface area contributed by atoms with Gasteiger partial charge in [-0.15, -0.1) is 0 Å². The summed E-state index contributed by atoms with van der Waals surface area (Å²) in [6, 6.07) is 9.54. The second kappa shape index (κ2) is 5.05. The van der Waals surface area contributed by atoms with Crippen LogP contribution >= 0.6 is 27.5 Å². The summed E-state index contributed by atoms with van der Waals surface area (Å²) in [7, 11) is 0. The molecule has 21 heavy (non-hydrogen) atoms. The van der Waals surface area contributed by atoms with Crippen LogP contribution < -0.4 is 5.69 Å². The van der Waals surface area contributed by atoms with Crippen molar-refractivity contribution in [3.8, 4) is 5.69 Å². The van der Waals surface area contributed by atoms with Gasteiger partial charge in [0.2, 0.25) is 0 Å². The summed E-state index contributed by atoms with van der Waals surface area (Å²) >= 11 is 9.34. The Morgan fingerprint density at radius 3 is 2.67 bits per heavy atom. The van der Waals surface area contributed by atoms with Crippen LogP contribution in [-0.4, -0.2) is 20.6 Å². The topological polar surface area (TPSA) is 75.1 Å². The zero-order valence-corrected chi connectivity index (χ0v) is 12.8. The molecule has 3 rings (SSSR count). The van der Waals surface area contributed by atoms with Crippen LogP contribution in [0.15, 0.2) is 45.7 Å². The van der Waals surface area contributed by atoms with E-state index in [0.29, 0.717) is 26.2 Å². The van der Waals surface area contributed by atoms with Crippen molar-refractivity contribution in [1.82, 2.24) is 9.55 Å². The molecule has 0 spiro atoms. The minimum Gasteiger partial charge on any atom is -0.478 e. The van der Waals surface area contributed by atoms with Crippen molar-refractivity contribution in [3.63, 3.8) is 0 Å². The lowest BCUT2D eigenvalue weighted by Crippen LogP contribution is -2.14. The van der Waals surface area contributed by atoms with Gasteiger partial charge in [-0.1, -0.05) is 11.6 Å². The Morgan fingerprint density at radius 1 is 1.24 bits per heavy atom. The summed E-state index contributed by atoms with van der Waals surface area (Å²) < 4.78 is 2.10. The minimum absolute atomic E-state index is 0.110. The summed E-state index contributed by atoms with van der Waals surface area (Å²) in [5.74, 6) is -1.05. The maximum absolute atomic E-state index is 12.1. The minimum atomic E-state index is -1.05. The molecule has 5 nitrogen and oxygen atoms in total. The van der Waals surface area contributed by atoms with E-state index in [-0.39, 0.29) is 11.3 Å². The standard InChI is InChI=1S/C14H8BrClN2O3/c15-9-3-2-8(6-10(9)16)18-12-5-7(13(19)20)1-4-11(12)17-14(18)21/h1-6H,(H,17,21)(H,19,20). The van der Waals surface area contributed by atoms with Crippen molar-refractivity contribution in [3.05, 3.63) is 61.9 Å². The first-order valence-electron chi connectivity index (χ1n) is 5.91. The molecule has 0 radical (unpaired) electrons. The molecule has 0 aliphatic rings. The van der Waals surface area contributed by atoms with Crippen LogP contribution in [0.2, 0.25) is 5.02 Å². The van der Waals surface area contributed by atoms with Gasteiger partial charge in [-0.05, 0) is 52.3 Å². The zero-order valence-electron chi connectivity index (χ0n) is 10.4. The van der Waals surface area contributed by atoms with Crippen molar-refractivity contribution in [2.45, 2.75) is 0 Å². The van der Waals surface area contributed by atoms with E-state index in [9.17, 15) is 9.59 Å². The smallest absolute Gasteiger partial charge is 0.335 e. The lowest BCUT2D eigenvalue weighted by Gasteiger charge is -2.05. The molecule has 106 valence electrons. The fourth-order valence-corrected chi connectivity index (χ4v) is 2.54. The van der Waals surface area contributed by atoms with Gasteiger partial charge >= 0.3 is 11.7 Å². The first-order chi connectivity index (χ1) is 9.97. The van der Waals surface area contributed by atoms with Gasteiger partial charge in [0, 0.05) is 4.47 Å². The number of fused-ring (bicyclic) bond motifs is 1. The third-order valence-electron chi connectivity index (χ3n) is 3.09. The molecule has 0 bridgehead atoms. The maximum atomic E-state index is 12.1. The van der Waals surface area contributed by atoms with E-state index in [1.54, 1.807) is 24.3 Å². The number of imidazole rings is 1. The zero-order chi connectivity index (χ0) is 15.1. The van der Waals surface area contributed by atoms with Gasteiger partial charge in [0.05, 0.1) is 27.3 Å². The number of carboxylic acid groups (broad SMARTS) is 1. The van der Waals surface area contributed by atoms with Crippen LogP contribution in [-0.2, 0) is 0 Å². The Kier molecular flexibility index (Phi) is 3.35. The van der Waals surface area contributed by atoms with Crippen molar-refractivity contribution < 1.29 is 9.90 Å². The van der Waals surface area contributed by atoms with Crippen molar-refractivity contribution in [2.24, 2.45) is 0 Å². The molecule has 0 amide bonds. The van der Waals surface area contributed by atoms with Gasteiger partial charge in [-0.3, -0.25) is 4.57 Å². The molecule has 0 saturated carbocycles. The van der Waals surface area contributed by atoms with Gasteiger partial charge < -0.3 is 10.1 Å². The van der Waals surface area contributed by atoms with Crippen molar-refractivity contribution >= 4 is 44.5 Å². The largest absolute Gasteiger partial charge is 0.478 e. The summed E-state index contributed by atoms with van der Waals surface area (Å²) in [5, 5.41) is 9.53. The van der Waals surface area contributed by atoms with Crippen molar-refractivity contribution in [1.29, 1.82) is 0 Å². The monoisotopic (exact) mass is 366 g/mol. The average molecular weight is 368 g/mol. The summed E-state index contributed by atoms with van der Waals surface area (Å²) in [6.45, 7) is 0. The SMILES string of the molecule is O=C(O)c1ccc2[nH]c(=O)n(-c3ccc(Br)c(Cl)c3)c2c1. The Morgan fingerprint density at radius 2 is 2.00 bits per heavy atom. The number of aromatic amines is 1. The highest BCUT2D eigenvalue weighted by molar-refractivity contribution is 9.10. The van der Waals surface area contributed by atoms with E-state index in [2.05, 4.69) is 20.9 Å². The fraction of sp³-hybridized carbons (Fsp3) is 0. The molecule has 0 aliphatic heterocycles. The predicted molar refractivity (Wildman–Crippen MR) is 83.6 cm³/mol.